The predicted octanol–water partition coefficient (Wildman–Crippen LogP) is 1.77. The fourth-order valence-corrected chi connectivity index (χ4v) is 3.41. The number of carbonyl (C=O) groups is 2. The van der Waals surface area contributed by atoms with Gasteiger partial charge in [-0.1, -0.05) is 6.07 Å². The Labute approximate surface area is 148 Å². The molecular weight excluding hydrogens is 320 g/mol. The number of ether oxygens (including phenoxy) is 2. The number of likely N-dealkylation sites (tertiary alicyclic amines) is 1. The number of hydrogen-bond donors (Lipinski definition) is 1. The van der Waals surface area contributed by atoms with Gasteiger partial charge >= 0.3 is 0 Å². The molecule has 6 nitrogen and oxygen atoms in total. The lowest BCUT2D eigenvalue weighted by Gasteiger charge is -2.22. The van der Waals surface area contributed by atoms with Gasteiger partial charge in [-0.05, 0) is 49.8 Å². The number of carbonyl (C=O) groups excluding carboxylic acids is 2. The molecular formula is C19H26N2O4. The van der Waals surface area contributed by atoms with Crippen LogP contribution in [0.4, 0.5) is 0 Å². The summed E-state index contributed by atoms with van der Waals surface area (Å²) in [6, 6.07) is 5.72. The van der Waals surface area contributed by atoms with Crippen molar-refractivity contribution in [2.45, 2.75) is 32.1 Å². The van der Waals surface area contributed by atoms with Crippen molar-refractivity contribution in [1.29, 1.82) is 0 Å². The van der Waals surface area contributed by atoms with Gasteiger partial charge in [0.25, 0.3) is 0 Å². The molecule has 1 aromatic carbocycles. The highest BCUT2D eigenvalue weighted by atomic mass is 16.5. The molecule has 0 unspecified atom stereocenters. The molecule has 1 aromatic rings. The first-order chi connectivity index (χ1) is 12.1. The highest BCUT2D eigenvalue weighted by Gasteiger charge is 2.57. The molecule has 136 valence electrons. The zero-order valence-corrected chi connectivity index (χ0v) is 15.0. The van der Waals surface area contributed by atoms with Crippen LogP contribution in [0.2, 0.25) is 0 Å². The van der Waals surface area contributed by atoms with Crippen LogP contribution in [0, 0.1) is 5.41 Å². The first-order valence-corrected chi connectivity index (χ1v) is 8.89. The minimum atomic E-state index is -0.790. The molecule has 2 amide bonds. The molecule has 1 aliphatic heterocycles. The third-order valence-electron chi connectivity index (χ3n) is 5.13. The fourth-order valence-electron chi connectivity index (χ4n) is 3.41. The lowest BCUT2D eigenvalue weighted by atomic mass is 10.0. The van der Waals surface area contributed by atoms with Crippen LogP contribution in [0.15, 0.2) is 18.2 Å². The number of nitrogens with zero attached hydrogens (tertiary/aromatic N) is 1. The first kappa shape index (κ1) is 17.6. The Bertz CT molecular complexity index is 649. The lowest BCUT2D eigenvalue weighted by molar-refractivity contribution is -0.143. The maximum Gasteiger partial charge on any atom is 0.238 e. The summed E-state index contributed by atoms with van der Waals surface area (Å²) in [5.41, 5.74) is 0.260. The van der Waals surface area contributed by atoms with Crippen LogP contribution in [0.3, 0.4) is 0 Å². The Balaban J connectivity index is 1.53. The van der Waals surface area contributed by atoms with Gasteiger partial charge in [-0.25, -0.2) is 0 Å². The van der Waals surface area contributed by atoms with E-state index in [4.69, 9.17) is 9.47 Å². The monoisotopic (exact) mass is 346 g/mol. The van der Waals surface area contributed by atoms with E-state index in [1.165, 1.54) is 0 Å². The molecule has 0 bridgehead atoms. The van der Waals surface area contributed by atoms with Gasteiger partial charge in [0.1, 0.15) is 5.41 Å². The van der Waals surface area contributed by atoms with Gasteiger partial charge in [0.2, 0.25) is 11.8 Å². The molecule has 0 spiro atoms. The van der Waals surface area contributed by atoms with Crippen LogP contribution in [0.25, 0.3) is 0 Å². The number of methoxy groups -OCH3 is 2. The molecule has 1 aliphatic carbocycles. The van der Waals surface area contributed by atoms with E-state index in [9.17, 15) is 9.59 Å². The molecule has 1 heterocycles. The normalized spacial score (nSPS) is 17.9. The Morgan fingerprint density at radius 2 is 1.80 bits per heavy atom. The largest absolute Gasteiger partial charge is 0.493 e. The van der Waals surface area contributed by atoms with Gasteiger partial charge in [-0.3, -0.25) is 9.59 Å². The number of rotatable bonds is 7. The average molecular weight is 346 g/mol. The van der Waals surface area contributed by atoms with E-state index in [-0.39, 0.29) is 11.8 Å². The second-order valence-corrected chi connectivity index (χ2v) is 6.78. The molecule has 6 heteroatoms. The summed E-state index contributed by atoms with van der Waals surface area (Å²) < 4.78 is 10.5. The second kappa shape index (κ2) is 7.33. The van der Waals surface area contributed by atoms with Crippen molar-refractivity contribution in [2.75, 3.05) is 33.9 Å². The summed E-state index contributed by atoms with van der Waals surface area (Å²) in [7, 11) is 3.20. The summed E-state index contributed by atoms with van der Waals surface area (Å²) >= 11 is 0. The molecule has 1 N–H and O–H groups in total. The zero-order chi connectivity index (χ0) is 17.9. The van der Waals surface area contributed by atoms with Crippen molar-refractivity contribution >= 4 is 11.8 Å². The fraction of sp³-hybridized carbons (Fsp3) is 0.579. The summed E-state index contributed by atoms with van der Waals surface area (Å²) in [5, 5.41) is 2.95. The van der Waals surface area contributed by atoms with Gasteiger partial charge in [0, 0.05) is 19.6 Å². The average Bonchev–Trinajstić information content (AvgIpc) is 3.27. The number of hydrogen-bond acceptors (Lipinski definition) is 4. The van der Waals surface area contributed by atoms with Gasteiger partial charge in [-0.15, -0.1) is 0 Å². The van der Waals surface area contributed by atoms with E-state index in [1.807, 2.05) is 23.1 Å². The van der Waals surface area contributed by atoms with E-state index < -0.39 is 5.41 Å². The highest BCUT2D eigenvalue weighted by Crippen LogP contribution is 2.48. The van der Waals surface area contributed by atoms with E-state index in [0.29, 0.717) is 37.3 Å². The standard InChI is InChI=1S/C19H26N2O4/c1-24-15-6-5-14(13-16(15)25-2)7-10-20-17(22)19(8-9-19)18(23)21-11-3-4-12-21/h5-6,13H,3-4,7-12H2,1-2H3,(H,20,22). The molecule has 1 saturated heterocycles. The molecule has 2 aliphatic rings. The maximum atomic E-state index is 12.6. The van der Waals surface area contributed by atoms with E-state index in [0.717, 1.165) is 31.5 Å². The van der Waals surface area contributed by atoms with Crippen molar-refractivity contribution in [3.05, 3.63) is 23.8 Å². The van der Waals surface area contributed by atoms with E-state index in [2.05, 4.69) is 5.32 Å². The summed E-state index contributed by atoms with van der Waals surface area (Å²) in [4.78, 5) is 27.0. The van der Waals surface area contributed by atoms with Crippen molar-refractivity contribution in [3.8, 4) is 11.5 Å². The Morgan fingerprint density at radius 1 is 1.12 bits per heavy atom. The van der Waals surface area contributed by atoms with Gasteiger partial charge < -0.3 is 19.7 Å². The van der Waals surface area contributed by atoms with Crippen LogP contribution in [0.5, 0.6) is 11.5 Å². The number of amides is 2. The van der Waals surface area contributed by atoms with E-state index >= 15 is 0 Å². The van der Waals surface area contributed by atoms with Crippen molar-refractivity contribution < 1.29 is 19.1 Å². The topological polar surface area (TPSA) is 67.9 Å². The minimum Gasteiger partial charge on any atom is -0.493 e. The van der Waals surface area contributed by atoms with Crippen LogP contribution < -0.4 is 14.8 Å². The zero-order valence-electron chi connectivity index (χ0n) is 15.0. The molecule has 1 saturated carbocycles. The Hall–Kier alpha value is -2.24. The van der Waals surface area contributed by atoms with Gasteiger partial charge in [0.15, 0.2) is 11.5 Å². The molecule has 0 atom stereocenters. The predicted molar refractivity (Wildman–Crippen MR) is 93.7 cm³/mol. The number of nitrogens with one attached hydrogen (secondary N) is 1. The van der Waals surface area contributed by atoms with Crippen LogP contribution in [-0.4, -0.2) is 50.6 Å². The molecule has 0 radical (unpaired) electrons. The van der Waals surface area contributed by atoms with Crippen LogP contribution in [-0.2, 0) is 16.0 Å². The third-order valence-corrected chi connectivity index (χ3v) is 5.13. The lowest BCUT2D eigenvalue weighted by Crippen LogP contribution is -2.44. The maximum absolute atomic E-state index is 12.6. The van der Waals surface area contributed by atoms with Crippen molar-refractivity contribution in [3.63, 3.8) is 0 Å². The van der Waals surface area contributed by atoms with Crippen molar-refractivity contribution in [2.24, 2.45) is 5.41 Å². The summed E-state index contributed by atoms with van der Waals surface area (Å²) in [6.45, 7) is 2.09. The molecule has 25 heavy (non-hydrogen) atoms. The molecule has 2 fully saturated rings. The molecule has 3 rings (SSSR count). The van der Waals surface area contributed by atoms with Crippen molar-refractivity contribution in [1.82, 2.24) is 10.2 Å². The van der Waals surface area contributed by atoms with Gasteiger partial charge in [-0.2, -0.15) is 0 Å². The summed E-state index contributed by atoms with van der Waals surface area (Å²) in [6.07, 6.45) is 4.11. The Kier molecular flexibility index (Phi) is 5.16. The quantitative estimate of drug-likeness (QED) is 0.764. The van der Waals surface area contributed by atoms with Gasteiger partial charge in [0.05, 0.1) is 14.2 Å². The van der Waals surface area contributed by atoms with Crippen LogP contribution >= 0.6 is 0 Å². The SMILES string of the molecule is COc1ccc(CCNC(=O)C2(C(=O)N3CCCC3)CC2)cc1OC. The minimum absolute atomic E-state index is 0.0219. The smallest absolute Gasteiger partial charge is 0.238 e. The number of benzene rings is 1. The second-order valence-electron chi connectivity index (χ2n) is 6.78. The summed E-state index contributed by atoms with van der Waals surface area (Å²) in [5.74, 6) is 1.26. The highest BCUT2D eigenvalue weighted by molar-refractivity contribution is 6.07. The van der Waals surface area contributed by atoms with E-state index in [1.54, 1.807) is 14.2 Å². The van der Waals surface area contributed by atoms with Crippen LogP contribution in [0.1, 0.15) is 31.2 Å². The Morgan fingerprint density at radius 3 is 2.40 bits per heavy atom. The third kappa shape index (κ3) is 3.57. The first-order valence-electron chi connectivity index (χ1n) is 8.89. The molecule has 0 aromatic heterocycles.